The topological polar surface area (TPSA) is 32.8 Å². The lowest BCUT2D eigenvalue weighted by molar-refractivity contribution is 0.0542. The summed E-state index contributed by atoms with van der Waals surface area (Å²) in [7, 11) is 0. The molecule has 2 aliphatic rings. The molecule has 0 bridgehead atoms. The van der Waals surface area contributed by atoms with Gasteiger partial charge < -0.3 is 9.84 Å². The lowest BCUT2D eigenvalue weighted by atomic mass is 9.63. The van der Waals surface area contributed by atoms with Crippen LogP contribution >= 0.6 is 11.8 Å². The van der Waals surface area contributed by atoms with Gasteiger partial charge >= 0.3 is 0 Å². The summed E-state index contributed by atoms with van der Waals surface area (Å²) in [6.45, 7) is 8.44. The van der Waals surface area contributed by atoms with Crippen molar-refractivity contribution in [3.05, 3.63) is 42.0 Å². The molecule has 2 nitrogen and oxygen atoms in total. The van der Waals surface area contributed by atoms with Gasteiger partial charge in [-0.3, -0.25) is 0 Å². The van der Waals surface area contributed by atoms with Gasteiger partial charge in [0.25, 0.3) is 0 Å². The van der Waals surface area contributed by atoms with Crippen molar-refractivity contribution in [2.75, 3.05) is 5.75 Å². The second-order valence-electron chi connectivity index (χ2n) is 7.72. The SMILES string of the molecule is CC(C#C[C@@]12O[C@]1(C)C[C@@H](O)CC2(C)C)=CCSc1ccccc1. The van der Waals surface area contributed by atoms with E-state index >= 15 is 0 Å². The molecule has 1 saturated carbocycles. The van der Waals surface area contributed by atoms with Crippen LogP contribution in [0.5, 0.6) is 0 Å². The Morgan fingerprint density at radius 3 is 2.67 bits per heavy atom. The average Bonchev–Trinajstić information content (AvgIpc) is 3.12. The monoisotopic (exact) mass is 342 g/mol. The third kappa shape index (κ3) is 3.16. The van der Waals surface area contributed by atoms with Crippen molar-refractivity contribution < 1.29 is 9.84 Å². The number of rotatable bonds is 3. The van der Waals surface area contributed by atoms with Gasteiger partial charge in [-0.05, 0) is 38.0 Å². The molecule has 3 atom stereocenters. The maximum atomic E-state index is 10.1. The maximum Gasteiger partial charge on any atom is 0.163 e. The number of aliphatic hydroxyl groups is 1. The predicted octanol–water partition coefficient (Wildman–Crippen LogP) is 4.44. The number of aliphatic hydroxyl groups excluding tert-OH is 1. The van der Waals surface area contributed by atoms with Gasteiger partial charge in [-0.1, -0.05) is 50.0 Å². The lowest BCUT2D eigenvalue weighted by Gasteiger charge is -2.37. The van der Waals surface area contributed by atoms with Crippen molar-refractivity contribution in [2.45, 2.75) is 62.7 Å². The van der Waals surface area contributed by atoms with E-state index in [0.717, 1.165) is 17.7 Å². The highest BCUT2D eigenvalue weighted by Crippen LogP contribution is 2.64. The zero-order chi connectivity index (χ0) is 17.4. The van der Waals surface area contributed by atoms with Crippen LogP contribution < -0.4 is 0 Å². The van der Waals surface area contributed by atoms with E-state index in [0.29, 0.717) is 6.42 Å². The van der Waals surface area contributed by atoms with E-state index in [-0.39, 0.29) is 17.1 Å². The van der Waals surface area contributed by atoms with Crippen LogP contribution in [0.25, 0.3) is 0 Å². The van der Waals surface area contributed by atoms with Crippen molar-refractivity contribution in [3.8, 4) is 11.8 Å². The van der Waals surface area contributed by atoms with Gasteiger partial charge in [0.05, 0.1) is 6.10 Å². The largest absolute Gasteiger partial charge is 0.393 e. The zero-order valence-electron chi connectivity index (χ0n) is 14.9. The first kappa shape index (κ1) is 17.6. The van der Waals surface area contributed by atoms with Crippen molar-refractivity contribution in [2.24, 2.45) is 5.41 Å². The van der Waals surface area contributed by atoms with Crippen LogP contribution in [0.4, 0.5) is 0 Å². The summed E-state index contributed by atoms with van der Waals surface area (Å²) in [6, 6.07) is 10.4. The molecular weight excluding hydrogens is 316 g/mol. The van der Waals surface area contributed by atoms with Crippen LogP contribution in [-0.4, -0.2) is 28.2 Å². The van der Waals surface area contributed by atoms with Crippen molar-refractivity contribution in [3.63, 3.8) is 0 Å². The van der Waals surface area contributed by atoms with Crippen molar-refractivity contribution in [1.82, 2.24) is 0 Å². The zero-order valence-corrected chi connectivity index (χ0v) is 15.7. The Morgan fingerprint density at radius 2 is 2.00 bits per heavy atom. The normalized spacial score (nSPS) is 34.0. The van der Waals surface area contributed by atoms with Crippen LogP contribution in [0, 0.1) is 17.3 Å². The third-order valence-electron chi connectivity index (χ3n) is 5.22. The van der Waals surface area contributed by atoms with Crippen LogP contribution in [0.2, 0.25) is 0 Å². The number of allylic oxidation sites excluding steroid dienone is 1. The molecule has 1 N–H and O–H groups in total. The van der Waals surface area contributed by atoms with E-state index in [1.807, 2.05) is 17.8 Å². The number of benzene rings is 1. The van der Waals surface area contributed by atoms with E-state index in [1.54, 1.807) is 0 Å². The van der Waals surface area contributed by atoms with Gasteiger partial charge in [-0.15, -0.1) is 11.8 Å². The fourth-order valence-electron chi connectivity index (χ4n) is 3.95. The summed E-state index contributed by atoms with van der Waals surface area (Å²) in [6.07, 6.45) is 3.30. The van der Waals surface area contributed by atoms with Crippen LogP contribution in [0.1, 0.15) is 40.5 Å². The molecule has 1 saturated heterocycles. The van der Waals surface area contributed by atoms with Crippen LogP contribution in [0.3, 0.4) is 0 Å². The highest BCUT2D eigenvalue weighted by Gasteiger charge is 2.75. The average molecular weight is 343 g/mol. The molecule has 0 unspecified atom stereocenters. The van der Waals surface area contributed by atoms with Gasteiger partial charge in [0.2, 0.25) is 0 Å². The number of ether oxygens (including phenoxy) is 1. The molecule has 1 aliphatic heterocycles. The van der Waals surface area contributed by atoms with E-state index in [4.69, 9.17) is 4.74 Å². The first-order valence-electron chi connectivity index (χ1n) is 8.54. The Morgan fingerprint density at radius 1 is 1.29 bits per heavy atom. The lowest BCUT2D eigenvalue weighted by Crippen LogP contribution is -2.46. The Kier molecular flexibility index (Phi) is 4.59. The van der Waals surface area contributed by atoms with E-state index in [2.05, 4.69) is 69.9 Å². The molecule has 3 rings (SSSR count). The molecule has 0 radical (unpaired) electrons. The van der Waals surface area contributed by atoms with E-state index in [1.165, 1.54) is 4.90 Å². The summed E-state index contributed by atoms with van der Waals surface area (Å²) < 4.78 is 6.10. The molecule has 1 heterocycles. The Labute approximate surface area is 149 Å². The number of hydrogen-bond donors (Lipinski definition) is 1. The fraction of sp³-hybridized carbons (Fsp3) is 0.524. The fourth-order valence-corrected chi connectivity index (χ4v) is 4.83. The quantitative estimate of drug-likeness (QED) is 0.501. The molecule has 0 amide bonds. The van der Waals surface area contributed by atoms with E-state index in [9.17, 15) is 5.11 Å². The van der Waals surface area contributed by atoms with Crippen molar-refractivity contribution in [1.29, 1.82) is 0 Å². The third-order valence-corrected chi connectivity index (χ3v) is 6.16. The Bertz CT molecular complexity index is 698. The Balaban J connectivity index is 1.67. The molecule has 24 heavy (non-hydrogen) atoms. The summed E-state index contributed by atoms with van der Waals surface area (Å²) in [5.41, 5.74) is 0.222. The number of epoxide rings is 1. The summed E-state index contributed by atoms with van der Waals surface area (Å²) in [4.78, 5) is 1.27. The maximum absolute atomic E-state index is 10.1. The van der Waals surface area contributed by atoms with Crippen LogP contribution in [0.15, 0.2) is 46.9 Å². The number of thioether (sulfide) groups is 1. The molecule has 0 aromatic heterocycles. The van der Waals surface area contributed by atoms with Gasteiger partial charge in [0.1, 0.15) is 5.60 Å². The van der Waals surface area contributed by atoms with Crippen LogP contribution in [-0.2, 0) is 4.74 Å². The van der Waals surface area contributed by atoms with Gasteiger partial charge in [-0.25, -0.2) is 0 Å². The standard InChI is InChI=1S/C21H26O2S/c1-16(11-13-24-18-8-6-5-7-9-18)10-12-21-19(2,3)14-17(22)15-20(21,4)23-21/h5-9,11,17,22H,13-15H2,1-4H3/t17-,20+,21-/m0/s1. The first-order valence-corrected chi connectivity index (χ1v) is 9.53. The molecule has 3 heteroatoms. The Hall–Kier alpha value is -1.21. The molecule has 0 spiro atoms. The minimum absolute atomic E-state index is 0.133. The number of hydrogen-bond acceptors (Lipinski definition) is 3. The van der Waals surface area contributed by atoms with E-state index < -0.39 is 5.60 Å². The smallest absolute Gasteiger partial charge is 0.163 e. The van der Waals surface area contributed by atoms with Gasteiger partial charge in [0, 0.05) is 22.5 Å². The van der Waals surface area contributed by atoms with Gasteiger partial charge in [0.15, 0.2) is 5.60 Å². The molecule has 1 aromatic rings. The number of fused-ring (bicyclic) bond motifs is 1. The predicted molar refractivity (Wildman–Crippen MR) is 99.9 cm³/mol. The highest BCUT2D eigenvalue weighted by molar-refractivity contribution is 7.99. The summed E-state index contributed by atoms with van der Waals surface area (Å²) in [5.74, 6) is 7.63. The second kappa shape index (κ2) is 6.26. The minimum Gasteiger partial charge on any atom is -0.393 e. The van der Waals surface area contributed by atoms with Gasteiger partial charge in [-0.2, -0.15) is 0 Å². The molecule has 1 aliphatic carbocycles. The van der Waals surface area contributed by atoms with Crippen molar-refractivity contribution >= 4 is 11.8 Å². The second-order valence-corrected chi connectivity index (χ2v) is 8.81. The minimum atomic E-state index is -0.416. The molecule has 2 fully saturated rings. The molecule has 1 aromatic carbocycles. The molecular formula is C21H26O2S. The summed E-state index contributed by atoms with van der Waals surface area (Å²) in [5, 5.41) is 10.1. The highest BCUT2D eigenvalue weighted by atomic mass is 32.2. The summed E-state index contributed by atoms with van der Waals surface area (Å²) >= 11 is 1.81. The molecule has 128 valence electrons. The first-order chi connectivity index (χ1) is 11.3.